The summed E-state index contributed by atoms with van der Waals surface area (Å²) in [5.41, 5.74) is 1.89. The van der Waals surface area contributed by atoms with Crippen molar-refractivity contribution in [1.29, 1.82) is 0 Å². The number of carbonyl (C=O) groups excluding carboxylic acids is 1. The maximum Gasteiger partial charge on any atom is 0.573 e. The van der Waals surface area contributed by atoms with Crippen molar-refractivity contribution in [3.63, 3.8) is 0 Å². The molecule has 0 radical (unpaired) electrons. The van der Waals surface area contributed by atoms with E-state index in [4.69, 9.17) is 4.74 Å². The summed E-state index contributed by atoms with van der Waals surface area (Å²) in [5.74, 6) is -0.635. The van der Waals surface area contributed by atoms with Crippen LogP contribution in [0.2, 0.25) is 0 Å². The van der Waals surface area contributed by atoms with Crippen LogP contribution in [0.5, 0.6) is 11.8 Å². The Morgan fingerprint density at radius 3 is 2.39 bits per heavy atom. The van der Waals surface area contributed by atoms with Crippen LogP contribution >= 0.6 is 0 Å². The van der Waals surface area contributed by atoms with Crippen molar-refractivity contribution < 1.29 is 27.4 Å². The van der Waals surface area contributed by atoms with Crippen molar-refractivity contribution in [2.24, 2.45) is 0 Å². The number of likely N-dealkylation sites (tertiary alicyclic amines) is 1. The van der Waals surface area contributed by atoms with Gasteiger partial charge in [0, 0.05) is 23.5 Å². The Morgan fingerprint density at radius 2 is 1.79 bits per heavy atom. The molecule has 1 aromatic carbocycles. The van der Waals surface area contributed by atoms with Gasteiger partial charge >= 0.3 is 12.4 Å². The SMILES string of the molecule is Cc1cc(C)nc(OC2CCCN(C(=O)c3ccc(OC(F)(F)F)cc3)C2)n1. The number of rotatable bonds is 4. The Labute approximate surface area is 160 Å². The molecule has 1 aliphatic rings. The van der Waals surface area contributed by atoms with Gasteiger partial charge in [-0.15, -0.1) is 13.2 Å². The van der Waals surface area contributed by atoms with Crippen LogP contribution in [0.3, 0.4) is 0 Å². The van der Waals surface area contributed by atoms with Crippen LogP contribution in [0, 0.1) is 13.8 Å². The van der Waals surface area contributed by atoms with Crippen LogP contribution in [0.15, 0.2) is 30.3 Å². The van der Waals surface area contributed by atoms with Crippen molar-refractivity contribution in [1.82, 2.24) is 14.9 Å². The van der Waals surface area contributed by atoms with Crippen LogP contribution < -0.4 is 9.47 Å². The molecule has 2 aromatic rings. The van der Waals surface area contributed by atoms with Gasteiger partial charge in [-0.2, -0.15) is 0 Å². The van der Waals surface area contributed by atoms with E-state index in [9.17, 15) is 18.0 Å². The highest BCUT2D eigenvalue weighted by Gasteiger charge is 2.31. The molecule has 2 heterocycles. The van der Waals surface area contributed by atoms with Gasteiger partial charge in [-0.05, 0) is 57.0 Å². The second-order valence-corrected chi connectivity index (χ2v) is 6.64. The third-order valence-electron chi connectivity index (χ3n) is 4.23. The van der Waals surface area contributed by atoms with Crippen molar-refractivity contribution in [2.45, 2.75) is 39.2 Å². The third-order valence-corrected chi connectivity index (χ3v) is 4.23. The highest BCUT2D eigenvalue weighted by atomic mass is 19.4. The quantitative estimate of drug-likeness (QED) is 0.790. The van der Waals surface area contributed by atoms with Gasteiger partial charge in [-0.1, -0.05) is 0 Å². The second-order valence-electron chi connectivity index (χ2n) is 6.64. The summed E-state index contributed by atoms with van der Waals surface area (Å²) in [4.78, 5) is 22.8. The average molecular weight is 395 g/mol. The molecule has 0 N–H and O–H groups in total. The molecule has 1 fully saturated rings. The number of carbonyl (C=O) groups is 1. The van der Waals surface area contributed by atoms with Crippen molar-refractivity contribution >= 4 is 5.91 Å². The number of aryl methyl sites for hydroxylation is 2. The van der Waals surface area contributed by atoms with E-state index in [0.717, 1.165) is 36.4 Å². The molecule has 0 bridgehead atoms. The monoisotopic (exact) mass is 395 g/mol. The Morgan fingerprint density at radius 1 is 1.14 bits per heavy atom. The lowest BCUT2D eigenvalue weighted by molar-refractivity contribution is -0.274. The summed E-state index contributed by atoms with van der Waals surface area (Å²) in [7, 11) is 0. The minimum atomic E-state index is -4.76. The summed E-state index contributed by atoms with van der Waals surface area (Å²) in [6.07, 6.45) is -3.50. The minimum Gasteiger partial charge on any atom is -0.458 e. The zero-order valence-corrected chi connectivity index (χ0v) is 15.5. The Hall–Kier alpha value is -2.84. The lowest BCUT2D eigenvalue weighted by atomic mass is 10.1. The maximum absolute atomic E-state index is 12.7. The van der Waals surface area contributed by atoms with Gasteiger partial charge in [0.1, 0.15) is 11.9 Å². The third kappa shape index (κ3) is 5.34. The molecule has 0 saturated carbocycles. The molecule has 28 heavy (non-hydrogen) atoms. The number of hydrogen-bond donors (Lipinski definition) is 0. The highest BCUT2D eigenvalue weighted by Crippen LogP contribution is 2.24. The number of amides is 1. The molecule has 1 atom stereocenters. The van der Waals surface area contributed by atoms with Crippen LogP contribution in [0.25, 0.3) is 0 Å². The molecular weight excluding hydrogens is 375 g/mol. The van der Waals surface area contributed by atoms with E-state index in [0.29, 0.717) is 13.1 Å². The van der Waals surface area contributed by atoms with E-state index in [-0.39, 0.29) is 29.3 Å². The van der Waals surface area contributed by atoms with Gasteiger partial charge in [0.25, 0.3) is 5.91 Å². The average Bonchev–Trinajstić information content (AvgIpc) is 2.60. The molecule has 3 rings (SSSR count). The summed E-state index contributed by atoms with van der Waals surface area (Å²) < 4.78 is 46.4. The molecular formula is C19H20F3N3O3. The van der Waals surface area contributed by atoms with Crippen molar-refractivity contribution in [2.75, 3.05) is 13.1 Å². The Bertz CT molecular complexity index is 820. The standard InChI is InChI=1S/C19H20F3N3O3/c1-12-10-13(2)24-18(23-12)27-16-4-3-9-25(11-16)17(26)14-5-7-15(8-6-14)28-19(20,21)22/h5-8,10,16H,3-4,9,11H2,1-2H3. The van der Waals surface area contributed by atoms with E-state index in [1.54, 1.807) is 4.90 Å². The molecule has 9 heteroatoms. The Balaban J connectivity index is 1.64. The summed E-state index contributed by atoms with van der Waals surface area (Å²) in [6, 6.07) is 7.02. The normalized spacial score (nSPS) is 17.3. The van der Waals surface area contributed by atoms with Gasteiger partial charge in [0.05, 0.1) is 6.54 Å². The molecule has 0 spiro atoms. The molecule has 1 aromatic heterocycles. The minimum absolute atomic E-state index is 0.244. The fourth-order valence-electron chi connectivity index (χ4n) is 3.10. The second kappa shape index (κ2) is 8.04. The number of benzene rings is 1. The van der Waals surface area contributed by atoms with Crippen LogP contribution in [-0.4, -0.2) is 46.3 Å². The maximum atomic E-state index is 12.7. The molecule has 6 nitrogen and oxygen atoms in total. The first-order chi connectivity index (χ1) is 13.2. The lowest BCUT2D eigenvalue weighted by Crippen LogP contribution is -2.44. The fraction of sp³-hybridized carbons (Fsp3) is 0.421. The Kier molecular flexibility index (Phi) is 5.71. The molecule has 1 aliphatic heterocycles. The smallest absolute Gasteiger partial charge is 0.458 e. The van der Waals surface area contributed by atoms with E-state index < -0.39 is 6.36 Å². The lowest BCUT2D eigenvalue weighted by Gasteiger charge is -2.32. The summed E-state index contributed by atoms with van der Waals surface area (Å²) in [5, 5.41) is 0. The largest absolute Gasteiger partial charge is 0.573 e. The first kappa shape index (κ1) is 19.9. The number of alkyl halides is 3. The highest BCUT2D eigenvalue weighted by molar-refractivity contribution is 5.94. The molecule has 150 valence electrons. The molecule has 1 amide bonds. The van der Waals surface area contributed by atoms with E-state index in [1.165, 1.54) is 12.1 Å². The van der Waals surface area contributed by atoms with Crippen LogP contribution in [0.4, 0.5) is 13.2 Å². The number of ether oxygens (including phenoxy) is 2. The van der Waals surface area contributed by atoms with Crippen LogP contribution in [0.1, 0.15) is 34.6 Å². The first-order valence-electron chi connectivity index (χ1n) is 8.83. The zero-order chi connectivity index (χ0) is 20.3. The van der Waals surface area contributed by atoms with Crippen molar-refractivity contribution in [3.8, 4) is 11.8 Å². The fourth-order valence-corrected chi connectivity index (χ4v) is 3.10. The number of halogens is 3. The van der Waals surface area contributed by atoms with E-state index in [2.05, 4.69) is 14.7 Å². The molecule has 1 unspecified atom stereocenters. The van der Waals surface area contributed by atoms with Crippen LogP contribution in [-0.2, 0) is 0 Å². The van der Waals surface area contributed by atoms with Gasteiger partial charge in [0.2, 0.25) is 0 Å². The number of nitrogens with zero attached hydrogens (tertiary/aromatic N) is 3. The van der Waals surface area contributed by atoms with E-state index in [1.807, 2.05) is 19.9 Å². The zero-order valence-electron chi connectivity index (χ0n) is 15.5. The number of piperidine rings is 1. The van der Waals surface area contributed by atoms with E-state index >= 15 is 0 Å². The van der Waals surface area contributed by atoms with Crippen molar-refractivity contribution in [3.05, 3.63) is 47.3 Å². The molecule has 1 saturated heterocycles. The topological polar surface area (TPSA) is 64.5 Å². The predicted molar refractivity (Wildman–Crippen MR) is 94.2 cm³/mol. The summed E-state index contributed by atoms with van der Waals surface area (Å²) >= 11 is 0. The summed E-state index contributed by atoms with van der Waals surface area (Å²) in [6.45, 7) is 4.61. The predicted octanol–water partition coefficient (Wildman–Crippen LogP) is 3.68. The molecule has 0 aliphatic carbocycles. The van der Waals surface area contributed by atoms with Gasteiger partial charge in [0.15, 0.2) is 0 Å². The first-order valence-corrected chi connectivity index (χ1v) is 8.83. The number of aromatic nitrogens is 2. The van der Waals surface area contributed by atoms with Gasteiger partial charge < -0.3 is 14.4 Å². The van der Waals surface area contributed by atoms with Gasteiger partial charge in [-0.3, -0.25) is 4.79 Å². The number of hydrogen-bond acceptors (Lipinski definition) is 5. The van der Waals surface area contributed by atoms with Gasteiger partial charge in [-0.25, -0.2) is 9.97 Å².